The maximum absolute atomic E-state index is 6.34. The molecule has 1 aromatic carbocycles. The molecule has 3 rings (SSSR count). The Bertz CT molecular complexity index is 716. The van der Waals surface area contributed by atoms with Crippen molar-refractivity contribution >= 4 is 17.3 Å². The Labute approximate surface area is 115 Å². The average Bonchev–Trinajstić information content (AvgIpc) is 3.03. The molecule has 0 fully saturated rings. The minimum Gasteiger partial charge on any atom is -0.397 e. The monoisotopic (exact) mass is 273 g/mol. The van der Waals surface area contributed by atoms with Crippen molar-refractivity contribution < 1.29 is 4.52 Å². The lowest BCUT2D eigenvalue weighted by Crippen LogP contribution is -1.98. The van der Waals surface area contributed by atoms with Crippen LogP contribution >= 0.6 is 11.6 Å². The van der Waals surface area contributed by atoms with Gasteiger partial charge in [-0.2, -0.15) is 0 Å². The minimum absolute atomic E-state index is 0.615. The number of aromatic nitrogens is 2. The van der Waals surface area contributed by atoms with E-state index < -0.39 is 0 Å². The first-order valence-corrected chi connectivity index (χ1v) is 6.18. The third-order valence-electron chi connectivity index (χ3n) is 3.04. The van der Waals surface area contributed by atoms with Gasteiger partial charge in [0.05, 0.1) is 22.6 Å². The Hall–Kier alpha value is -2.20. The summed E-state index contributed by atoms with van der Waals surface area (Å²) in [5.74, 6) is 0.718. The number of aryl methyl sites for hydroxylation is 1. The maximum Gasteiger partial charge on any atom is 0.141 e. The van der Waals surface area contributed by atoms with Crippen molar-refractivity contribution in [3.05, 3.63) is 53.6 Å². The molecule has 0 aliphatic heterocycles. The zero-order valence-corrected chi connectivity index (χ0v) is 11.1. The molecule has 0 radical (unpaired) electrons. The summed E-state index contributed by atoms with van der Waals surface area (Å²) in [6, 6.07) is 7.56. The highest BCUT2D eigenvalue weighted by Gasteiger charge is 2.13. The van der Waals surface area contributed by atoms with Crippen molar-refractivity contribution in [2.75, 3.05) is 5.73 Å². The molecule has 96 valence electrons. The predicted molar refractivity (Wildman–Crippen MR) is 75.4 cm³/mol. The number of rotatable bonds is 2. The molecule has 2 N–H and O–H groups in total. The van der Waals surface area contributed by atoms with E-state index in [9.17, 15) is 0 Å². The van der Waals surface area contributed by atoms with Crippen LogP contribution in [0.5, 0.6) is 0 Å². The van der Waals surface area contributed by atoms with E-state index in [0.29, 0.717) is 10.7 Å². The first kappa shape index (κ1) is 11.9. The number of nitrogen functional groups attached to an aromatic ring is 1. The third kappa shape index (κ3) is 2.00. The molecule has 0 aliphatic carbocycles. The van der Waals surface area contributed by atoms with Gasteiger partial charge in [0.25, 0.3) is 0 Å². The van der Waals surface area contributed by atoms with Gasteiger partial charge in [0.2, 0.25) is 0 Å². The average molecular weight is 274 g/mol. The molecule has 0 atom stereocenters. The smallest absolute Gasteiger partial charge is 0.141 e. The van der Waals surface area contributed by atoms with Crippen molar-refractivity contribution in [1.29, 1.82) is 0 Å². The Kier molecular flexibility index (Phi) is 2.80. The second-order valence-corrected chi connectivity index (χ2v) is 4.68. The fourth-order valence-electron chi connectivity index (χ4n) is 2.06. The van der Waals surface area contributed by atoms with E-state index in [0.717, 1.165) is 22.6 Å². The topological polar surface area (TPSA) is 57.0 Å². The molecule has 0 saturated carbocycles. The first-order valence-electron chi connectivity index (χ1n) is 5.81. The molecule has 0 bridgehead atoms. The van der Waals surface area contributed by atoms with Gasteiger partial charge in [-0.3, -0.25) is 0 Å². The van der Waals surface area contributed by atoms with Gasteiger partial charge >= 0.3 is 0 Å². The minimum atomic E-state index is 0.615. The molecule has 3 aromatic rings. The third-order valence-corrected chi connectivity index (χ3v) is 3.35. The Morgan fingerprint density at radius 1 is 1.21 bits per heavy atom. The molecule has 0 saturated heterocycles. The van der Waals surface area contributed by atoms with E-state index in [2.05, 4.69) is 5.16 Å². The zero-order valence-electron chi connectivity index (χ0n) is 10.3. The lowest BCUT2D eigenvalue weighted by Gasteiger charge is -2.11. The SMILES string of the molecule is Cc1oncc1-c1cc(N)c(-n2cccc2)cc1Cl. The van der Waals surface area contributed by atoms with Crippen LogP contribution in [0.2, 0.25) is 5.02 Å². The highest BCUT2D eigenvalue weighted by atomic mass is 35.5. The van der Waals surface area contributed by atoms with Crippen LogP contribution in [0.15, 0.2) is 47.4 Å². The summed E-state index contributed by atoms with van der Waals surface area (Å²) in [7, 11) is 0. The van der Waals surface area contributed by atoms with Gasteiger partial charge in [-0.1, -0.05) is 16.8 Å². The van der Waals surface area contributed by atoms with Gasteiger partial charge in [0.15, 0.2) is 0 Å². The van der Waals surface area contributed by atoms with Gasteiger partial charge in [0, 0.05) is 23.5 Å². The Morgan fingerprint density at radius 2 is 1.95 bits per heavy atom. The van der Waals surface area contributed by atoms with Crippen LogP contribution in [-0.4, -0.2) is 9.72 Å². The van der Waals surface area contributed by atoms with Crippen LogP contribution < -0.4 is 5.73 Å². The molecular weight excluding hydrogens is 262 g/mol. The number of hydrogen-bond donors (Lipinski definition) is 1. The van der Waals surface area contributed by atoms with Crippen LogP contribution in [0.4, 0.5) is 5.69 Å². The fourth-order valence-corrected chi connectivity index (χ4v) is 2.32. The van der Waals surface area contributed by atoms with Crippen molar-refractivity contribution in [2.24, 2.45) is 0 Å². The normalized spacial score (nSPS) is 10.8. The molecule has 0 aliphatic rings. The summed E-state index contributed by atoms with van der Waals surface area (Å²) in [6.45, 7) is 1.84. The summed E-state index contributed by atoms with van der Waals surface area (Å²) in [4.78, 5) is 0. The van der Waals surface area contributed by atoms with Crippen LogP contribution in [-0.2, 0) is 0 Å². The highest BCUT2D eigenvalue weighted by molar-refractivity contribution is 6.33. The van der Waals surface area contributed by atoms with Gasteiger partial charge < -0.3 is 14.8 Å². The van der Waals surface area contributed by atoms with E-state index in [-0.39, 0.29) is 0 Å². The molecule has 0 spiro atoms. The van der Waals surface area contributed by atoms with E-state index >= 15 is 0 Å². The number of anilines is 1. The summed E-state index contributed by atoms with van der Waals surface area (Å²) < 4.78 is 6.98. The second-order valence-electron chi connectivity index (χ2n) is 4.28. The molecular formula is C14H12ClN3O. The number of benzene rings is 1. The fraction of sp³-hybridized carbons (Fsp3) is 0.0714. The van der Waals surface area contributed by atoms with Crippen molar-refractivity contribution in [2.45, 2.75) is 6.92 Å². The molecule has 2 heterocycles. The number of halogens is 1. The molecule has 4 nitrogen and oxygen atoms in total. The van der Waals surface area contributed by atoms with E-state index in [4.69, 9.17) is 21.9 Å². The van der Waals surface area contributed by atoms with E-state index in [1.165, 1.54) is 0 Å². The van der Waals surface area contributed by atoms with Crippen molar-refractivity contribution in [1.82, 2.24) is 9.72 Å². The van der Waals surface area contributed by atoms with Gasteiger partial charge in [-0.15, -0.1) is 0 Å². The van der Waals surface area contributed by atoms with Crippen LogP contribution in [0, 0.1) is 6.92 Å². The van der Waals surface area contributed by atoms with E-state index in [1.807, 2.05) is 48.1 Å². The number of nitrogens with two attached hydrogens (primary N) is 1. The van der Waals surface area contributed by atoms with Crippen molar-refractivity contribution in [3.8, 4) is 16.8 Å². The van der Waals surface area contributed by atoms with E-state index in [1.54, 1.807) is 6.20 Å². The van der Waals surface area contributed by atoms with Gasteiger partial charge in [-0.25, -0.2) is 0 Å². The predicted octanol–water partition coefficient (Wildman–Crippen LogP) is 3.68. The first-order chi connectivity index (χ1) is 9.16. The van der Waals surface area contributed by atoms with Crippen molar-refractivity contribution in [3.63, 3.8) is 0 Å². The quantitative estimate of drug-likeness (QED) is 0.725. The largest absolute Gasteiger partial charge is 0.397 e. The van der Waals surface area contributed by atoms with Gasteiger partial charge in [0.1, 0.15) is 5.76 Å². The summed E-state index contributed by atoms with van der Waals surface area (Å²) in [5, 5.41) is 4.38. The van der Waals surface area contributed by atoms with Gasteiger partial charge in [-0.05, 0) is 31.2 Å². The summed E-state index contributed by atoms with van der Waals surface area (Å²) in [6.07, 6.45) is 5.49. The number of nitrogens with zero attached hydrogens (tertiary/aromatic N) is 2. The maximum atomic E-state index is 6.34. The lowest BCUT2D eigenvalue weighted by atomic mass is 10.1. The second kappa shape index (κ2) is 4.48. The molecule has 0 unspecified atom stereocenters. The molecule has 19 heavy (non-hydrogen) atoms. The molecule has 2 aromatic heterocycles. The zero-order chi connectivity index (χ0) is 13.4. The standard InChI is InChI=1S/C14H12ClN3O/c1-9-11(8-17-19-9)10-6-13(16)14(7-12(10)15)18-4-2-3-5-18/h2-8H,16H2,1H3. The summed E-state index contributed by atoms with van der Waals surface area (Å²) >= 11 is 6.34. The Morgan fingerprint density at radius 3 is 2.58 bits per heavy atom. The summed E-state index contributed by atoms with van der Waals surface area (Å²) in [5.41, 5.74) is 9.30. The van der Waals surface area contributed by atoms with Crippen LogP contribution in [0.1, 0.15) is 5.76 Å². The molecule has 0 amide bonds. The van der Waals surface area contributed by atoms with Crippen LogP contribution in [0.25, 0.3) is 16.8 Å². The van der Waals surface area contributed by atoms with Crippen LogP contribution in [0.3, 0.4) is 0 Å². The Balaban J connectivity index is 2.16. The molecule has 5 heteroatoms. The number of hydrogen-bond acceptors (Lipinski definition) is 3. The highest BCUT2D eigenvalue weighted by Crippen LogP contribution is 2.35. The lowest BCUT2D eigenvalue weighted by molar-refractivity contribution is 0.398.